The van der Waals surface area contributed by atoms with E-state index in [2.05, 4.69) is 21.2 Å². The second kappa shape index (κ2) is 12.4. The van der Waals surface area contributed by atoms with Crippen LogP contribution in [0.15, 0.2) is 99.2 Å². The van der Waals surface area contributed by atoms with Gasteiger partial charge >= 0.3 is 10.1 Å². The van der Waals surface area contributed by atoms with Gasteiger partial charge < -0.3 is 14.2 Å². The van der Waals surface area contributed by atoms with Gasteiger partial charge in [0, 0.05) is 18.0 Å². The summed E-state index contributed by atoms with van der Waals surface area (Å²) in [5, 5.41) is 4.14. The van der Waals surface area contributed by atoms with Gasteiger partial charge in [-0.3, -0.25) is 19.3 Å². The van der Waals surface area contributed by atoms with Crippen LogP contribution in [0, 0.1) is 0 Å². The molecule has 12 heteroatoms. The minimum absolute atomic E-state index is 0.0387. The molecule has 42 heavy (non-hydrogen) atoms. The van der Waals surface area contributed by atoms with Crippen LogP contribution in [0.2, 0.25) is 0 Å². The maximum absolute atomic E-state index is 13.0. The molecule has 0 radical (unpaired) electrons. The van der Waals surface area contributed by atoms with Crippen molar-refractivity contribution >= 4 is 77.4 Å². The summed E-state index contributed by atoms with van der Waals surface area (Å²) < 4.78 is 37.0. The summed E-state index contributed by atoms with van der Waals surface area (Å²) in [5.74, 6) is -0.00152. The number of imide groups is 1. The number of ether oxygens (including phenoxy) is 1. The largest absolute Gasteiger partial charge is 0.491 e. The van der Waals surface area contributed by atoms with E-state index in [0.717, 1.165) is 27.4 Å². The molecule has 1 saturated heterocycles. The number of carbonyl (C=O) groups excluding carboxylic acids is 3. The Morgan fingerprint density at radius 1 is 0.976 bits per heavy atom. The molecular formula is C30H23BrN2O7S2. The van der Waals surface area contributed by atoms with Crippen molar-refractivity contribution in [2.24, 2.45) is 0 Å². The summed E-state index contributed by atoms with van der Waals surface area (Å²) >= 11 is 4.14. The third-order valence-corrected chi connectivity index (χ3v) is 8.89. The molecule has 9 nitrogen and oxygen atoms in total. The van der Waals surface area contributed by atoms with E-state index in [9.17, 15) is 22.8 Å². The molecule has 3 amide bonds. The number of nitrogens with zero attached hydrogens (tertiary/aromatic N) is 1. The number of amides is 3. The SMILES string of the molecule is CC(=O)Nc1ccc(S(=O)(=O)Oc2ccc(/C=C3\SC(=O)N(CCOc4cccc5ccccc45)C3=O)cc2Br)cc1. The van der Waals surface area contributed by atoms with E-state index in [1.165, 1.54) is 37.3 Å². The first kappa shape index (κ1) is 29.4. The lowest BCUT2D eigenvalue weighted by Crippen LogP contribution is -2.32. The van der Waals surface area contributed by atoms with Crippen LogP contribution in [-0.2, 0) is 19.7 Å². The van der Waals surface area contributed by atoms with Crippen molar-refractivity contribution in [2.75, 3.05) is 18.5 Å². The van der Waals surface area contributed by atoms with Gasteiger partial charge in [0.15, 0.2) is 5.75 Å². The van der Waals surface area contributed by atoms with Crippen LogP contribution in [0.4, 0.5) is 10.5 Å². The van der Waals surface area contributed by atoms with Crippen LogP contribution in [0.5, 0.6) is 11.5 Å². The molecule has 1 heterocycles. The quantitative estimate of drug-likeness (QED) is 0.160. The molecule has 0 aromatic heterocycles. The maximum Gasteiger partial charge on any atom is 0.339 e. The van der Waals surface area contributed by atoms with Crippen LogP contribution in [0.25, 0.3) is 16.8 Å². The maximum atomic E-state index is 13.0. The van der Waals surface area contributed by atoms with Crippen LogP contribution >= 0.6 is 27.7 Å². The third-order valence-electron chi connectivity index (χ3n) is 6.11. The van der Waals surface area contributed by atoms with Crippen LogP contribution in [0.1, 0.15) is 12.5 Å². The van der Waals surface area contributed by atoms with Crippen LogP contribution in [0.3, 0.4) is 0 Å². The first-order chi connectivity index (χ1) is 20.1. The fourth-order valence-corrected chi connectivity index (χ4v) is 6.56. The molecule has 0 saturated carbocycles. The summed E-state index contributed by atoms with van der Waals surface area (Å²) in [5.41, 5.74) is 1.01. The van der Waals surface area contributed by atoms with E-state index < -0.39 is 21.3 Å². The molecule has 5 rings (SSSR count). The molecule has 0 unspecified atom stereocenters. The van der Waals surface area contributed by atoms with E-state index in [1.54, 1.807) is 18.2 Å². The second-order valence-electron chi connectivity index (χ2n) is 9.09. The number of rotatable bonds is 9. The first-order valence-corrected chi connectivity index (χ1v) is 15.6. The zero-order valence-electron chi connectivity index (χ0n) is 22.1. The molecule has 1 N–H and O–H groups in total. The van der Waals surface area contributed by atoms with Gasteiger partial charge in [-0.2, -0.15) is 8.42 Å². The van der Waals surface area contributed by atoms with Crippen molar-refractivity contribution in [1.82, 2.24) is 4.90 Å². The van der Waals surface area contributed by atoms with Gasteiger partial charge in [0.25, 0.3) is 11.1 Å². The zero-order chi connectivity index (χ0) is 29.9. The molecule has 0 spiro atoms. The van der Waals surface area contributed by atoms with E-state index in [0.29, 0.717) is 21.5 Å². The molecule has 1 fully saturated rings. The highest BCUT2D eigenvalue weighted by molar-refractivity contribution is 9.10. The highest BCUT2D eigenvalue weighted by Crippen LogP contribution is 2.35. The van der Waals surface area contributed by atoms with Crippen molar-refractivity contribution in [3.8, 4) is 11.5 Å². The van der Waals surface area contributed by atoms with Gasteiger partial charge in [-0.15, -0.1) is 0 Å². The molecular weight excluding hydrogens is 644 g/mol. The fraction of sp³-hybridized carbons (Fsp3) is 0.100. The minimum Gasteiger partial charge on any atom is -0.491 e. The molecule has 1 aliphatic rings. The molecule has 4 aromatic carbocycles. The first-order valence-electron chi connectivity index (χ1n) is 12.6. The predicted octanol–water partition coefficient (Wildman–Crippen LogP) is 6.44. The summed E-state index contributed by atoms with van der Waals surface area (Å²) in [6.45, 7) is 1.58. The summed E-state index contributed by atoms with van der Waals surface area (Å²) in [7, 11) is -4.16. The molecule has 4 aromatic rings. The summed E-state index contributed by atoms with van der Waals surface area (Å²) in [6, 6.07) is 23.7. The highest BCUT2D eigenvalue weighted by Gasteiger charge is 2.35. The van der Waals surface area contributed by atoms with Crippen molar-refractivity contribution < 1.29 is 31.7 Å². The van der Waals surface area contributed by atoms with Crippen molar-refractivity contribution in [3.63, 3.8) is 0 Å². The Hall–Kier alpha value is -4.13. The number of hydrogen-bond donors (Lipinski definition) is 1. The Bertz CT molecular complexity index is 1840. The molecule has 0 atom stereocenters. The fourth-order valence-electron chi connectivity index (χ4n) is 4.16. The van der Waals surface area contributed by atoms with E-state index in [4.69, 9.17) is 8.92 Å². The van der Waals surface area contributed by atoms with Gasteiger partial charge in [-0.1, -0.05) is 42.5 Å². The molecule has 1 aliphatic heterocycles. The zero-order valence-corrected chi connectivity index (χ0v) is 25.3. The minimum atomic E-state index is -4.16. The number of halogens is 1. The Balaban J connectivity index is 1.23. The smallest absolute Gasteiger partial charge is 0.339 e. The van der Waals surface area contributed by atoms with Gasteiger partial charge in [0.2, 0.25) is 5.91 Å². The van der Waals surface area contributed by atoms with E-state index >= 15 is 0 Å². The van der Waals surface area contributed by atoms with E-state index in [1.807, 2.05) is 42.5 Å². The molecule has 214 valence electrons. The van der Waals surface area contributed by atoms with Crippen LogP contribution < -0.4 is 14.2 Å². The normalized spacial score (nSPS) is 14.4. The number of anilines is 1. The number of thioether (sulfide) groups is 1. The number of benzene rings is 4. The lowest BCUT2D eigenvalue weighted by molar-refractivity contribution is -0.123. The Morgan fingerprint density at radius 2 is 1.71 bits per heavy atom. The summed E-state index contributed by atoms with van der Waals surface area (Å²) in [6.07, 6.45) is 1.56. The lowest BCUT2D eigenvalue weighted by atomic mass is 10.1. The predicted molar refractivity (Wildman–Crippen MR) is 165 cm³/mol. The van der Waals surface area contributed by atoms with E-state index in [-0.39, 0.29) is 34.6 Å². The number of nitrogens with one attached hydrogen (secondary N) is 1. The standard InChI is InChI=1S/C30H23BrN2O7S2/c1-19(34)32-22-10-12-23(13-11-22)42(37,38)40-27-14-9-20(17-25(27)31)18-28-29(35)33(30(36)41-28)15-16-39-26-8-4-6-21-5-2-3-7-24(21)26/h2-14,17-18H,15-16H2,1H3,(H,32,34)/b28-18-. The van der Waals surface area contributed by atoms with Gasteiger partial charge in [0.05, 0.1) is 15.9 Å². The molecule has 0 aliphatic carbocycles. The lowest BCUT2D eigenvalue weighted by Gasteiger charge is -2.14. The van der Waals surface area contributed by atoms with Crippen molar-refractivity contribution in [1.29, 1.82) is 0 Å². The Kier molecular flexibility index (Phi) is 8.66. The topological polar surface area (TPSA) is 119 Å². The number of fused-ring (bicyclic) bond motifs is 1. The highest BCUT2D eigenvalue weighted by atomic mass is 79.9. The third kappa shape index (κ3) is 6.67. The number of hydrogen-bond acceptors (Lipinski definition) is 8. The van der Waals surface area contributed by atoms with Crippen molar-refractivity contribution in [3.05, 3.63) is 99.9 Å². The van der Waals surface area contributed by atoms with Crippen LogP contribution in [-0.4, -0.2) is 43.5 Å². The second-order valence-corrected chi connectivity index (χ2v) is 12.5. The average molecular weight is 668 g/mol. The summed E-state index contributed by atoms with van der Waals surface area (Å²) in [4.78, 5) is 38.0. The van der Waals surface area contributed by atoms with Gasteiger partial charge in [-0.25, -0.2) is 0 Å². The van der Waals surface area contributed by atoms with Gasteiger partial charge in [0.1, 0.15) is 17.3 Å². The van der Waals surface area contributed by atoms with Crippen molar-refractivity contribution in [2.45, 2.75) is 11.8 Å². The van der Waals surface area contributed by atoms with Gasteiger partial charge in [-0.05, 0) is 87.2 Å². The average Bonchev–Trinajstić information content (AvgIpc) is 3.22. The molecule has 0 bridgehead atoms. The Morgan fingerprint density at radius 3 is 2.45 bits per heavy atom. The monoisotopic (exact) mass is 666 g/mol. The Labute approximate surface area is 254 Å². The number of carbonyl (C=O) groups is 3.